The summed E-state index contributed by atoms with van der Waals surface area (Å²) in [5, 5.41) is 13.8. The van der Waals surface area contributed by atoms with Gasteiger partial charge in [-0.25, -0.2) is 9.78 Å². The van der Waals surface area contributed by atoms with Crippen LogP contribution in [0.2, 0.25) is 0 Å². The summed E-state index contributed by atoms with van der Waals surface area (Å²) >= 11 is 0. The minimum absolute atomic E-state index is 0.0102. The van der Waals surface area contributed by atoms with E-state index in [1.165, 1.54) is 22.0 Å². The van der Waals surface area contributed by atoms with Crippen LogP contribution in [0.1, 0.15) is 46.0 Å². The molecule has 2 aliphatic rings. The molecule has 0 aliphatic carbocycles. The van der Waals surface area contributed by atoms with E-state index < -0.39 is 5.97 Å². The fraction of sp³-hybridized carbons (Fsp3) is 0.344. The van der Waals surface area contributed by atoms with Gasteiger partial charge in [-0.05, 0) is 67.1 Å². The van der Waals surface area contributed by atoms with Gasteiger partial charge in [0.15, 0.2) is 5.82 Å². The number of ether oxygens (including phenoxy) is 3. The number of carbonyl (C=O) groups is 1. The van der Waals surface area contributed by atoms with Crippen LogP contribution in [0, 0.1) is 6.92 Å². The highest BCUT2D eigenvalue weighted by molar-refractivity contribution is 5.90. The molecule has 41 heavy (non-hydrogen) atoms. The Kier molecular flexibility index (Phi) is 7.71. The molecule has 4 aromatic rings. The number of hydrogen-bond acceptors (Lipinski definition) is 7. The second kappa shape index (κ2) is 11.7. The van der Waals surface area contributed by atoms with E-state index in [0.29, 0.717) is 30.8 Å². The molecule has 6 rings (SSSR count). The Hall–Kier alpha value is -4.21. The normalized spacial score (nSPS) is 16.9. The molecule has 0 radical (unpaired) electrons. The van der Waals surface area contributed by atoms with Crippen molar-refractivity contribution in [3.8, 4) is 28.7 Å². The number of aromatic nitrogens is 3. The van der Waals surface area contributed by atoms with Crippen molar-refractivity contribution in [1.82, 2.24) is 19.7 Å². The smallest absolute Gasteiger partial charge is 0.342 e. The van der Waals surface area contributed by atoms with Gasteiger partial charge < -0.3 is 19.3 Å². The number of pyridine rings is 1. The molecule has 9 nitrogen and oxygen atoms in total. The molecule has 0 unspecified atom stereocenters. The third kappa shape index (κ3) is 5.55. The van der Waals surface area contributed by atoms with Crippen LogP contribution in [-0.4, -0.2) is 63.1 Å². The zero-order chi connectivity index (χ0) is 28.3. The number of aromatic carboxylic acids is 1. The van der Waals surface area contributed by atoms with Gasteiger partial charge in [0.25, 0.3) is 0 Å². The van der Waals surface area contributed by atoms with Crippen LogP contribution in [0.15, 0.2) is 60.8 Å². The van der Waals surface area contributed by atoms with Gasteiger partial charge in [-0.1, -0.05) is 36.4 Å². The maximum absolute atomic E-state index is 11.7. The third-order valence-corrected chi connectivity index (χ3v) is 7.79. The number of fused-ring (bicyclic) bond motifs is 1. The number of hydrogen-bond donors (Lipinski definition) is 1. The molecule has 1 saturated heterocycles. The van der Waals surface area contributed by atoms with Crippen LogP contribution in [-0.2, 0) is 24.3 Å². The summed E-state index contributed by atoms with van der Waals surface area (Å²) in [6.07, 6.45) is 3.44. The van der Waals surface area contributed by atoms with E-state index in [-0.39, 0.29) is 11.4 Å². The van der Waals surface area contributed by atoms with Crippen molar-refractivity contribution in [1.29, 1.82) is 0 Å². The van der Waals surface area contributed by atoms with Crippen LogP contribution in [0.5, 0.6) is 11.6 Å². The molecular weight excluding hydrogens is 520 g/mol. The highest BCUT2D eigenvalue weighted by Gasteiger charge is 2.27. The van der Waals surface area contributed by atoms with Gasteiger partial charge in [0, 0.05) is 31.3 Å². The predicted molar refractivity (Wildman–Crippen MR) is 154 cm³/mol. The molecule has 9 heteroatoms. The molecule has 2 aromatic heterocycles. The van der Waals surface area contributed by atoms with E-state index in [2.05, 4.69) is 28.2 Å². The average molecular weight is 555 g/mol. The lowest BCUT2D eigenvalue weighted by atomic mass is 9.96. The molecule has 0 amide bonds. The molecular formula is C32H34N4O5. The van der Waals surface area contributed by atoms with Gasteiger partial charge in [0.05, 0.1) is 25.1 Å². The Bertz CT molecular complexity index is 1560. The van der Waals surface area contributed by atoms with E-state index in [9.17, 15) is 9.90 Å². The quantitative estimate of drug-likeness (QED) is 0.306. The lowest BCUT2D eigenvalue weighted by molar-refractivity contribution is 0.0692. The maximum atomic E-state index is 11.7. The Morgan fingerprint density at radius 3 is 2.80 bits per heavy atom. The highest BCUT2D eigenvalue weighted by Crippen LogP contribution is 2.34. The molecule has 1 atom stereocenters. The van der Waals surface area contributed by atoms with Gasteiger partial charge in [-0.3, -0.25) is 4.90 Å². The first-order valence-electron chi connectivity index (χ1n) is 14.1. The van der Waals surface area contributed by atoms with Gasteiger partial charge in [-0.2, -0.15) is 9.78 Å². The van der Waals surface area contributed by atoms with Crippen LogP contribution >= 0.6 is 0 Å². The molecule has 0 spiro atoms. The number of nitrogens with zero attached hydrogens (tertiary/aromatic N) is 4. The monoisotopic (exact) mass is 554 g/mol. The van der Waals surface area contributed by atoms with E-state index in [1.54, 1.807) is 13.0 Å². The van der Waals surface area contributed by atoms with E-state index in [4.69, 9.17) is 19.2 Å². The van der Waals surface area contributed by atoms with Crippen molar-refractivity contribution in [3.05, 3.63) is 88.6 Å². The van der Waals surface area contributed by atoms with Crippen molar-refractivity contribution in [2.75, 3.05) is 26.4 Å². The number of carboxylic acid groups (broad SMARTS) is 1. The third-order valence-electron chi connectivity index (χ3n) is 7.79. The summed E-state index contributed by atoms with van der Waals surface area (Å²) in [4.78, 5) is 19.0. The molecule has 2 aliphatic heterocycles. The maximum Gasteiger partial charge on any atom is 0.342 e. The second-order valence-electron chi connectivity index (χ2n) is 10.5. The Morgan fingerprint density at radius 2 is 2.00 bits per heavy atom. The first kappa shape index (κ1) is 27.0. The van der Waals surface area contributed by atoms with Crippen LogP contribution in [0.4, 0.5) is 0 Å². The summed E-state index contributed by atoms with van der Waals surface area (Å²) in [6, 6.07) is 18.8. The van der Waals surface area contributed by atoms with Crippen molar-refractivity contribution in [2.45, 2.75) is 45.9 Å². The zero-order valence-electron chi connectivity index (χ0n) is 23.4. The first-order chi connectivity index (χ1) is 20.0. The summed E-state index contributed by atoms with van der Waals surface area (Å²) < 4.78 is 19.1. The van der Waals surface area contributed by atoms with Crippen molar-refractivity contribution in [2.24, 2.45) is 0 Å². The van der Waals surface area contributed by atoms with Crippen molar-refractivity contribution < 1.29 is 24.1 Å². The van der Waals surface area contributed by atoms with Crippen molar-refractivity contribution in [3.63, 3.8) is 0 Å². The van der Waals surface area contributed by atoms with E-state index >= 15 is 0 Å². The molecule has 4 heterocycles. The van der Waals surface area contributed by atoms with E-state index in [0.717, 1.165) is 61.6 Å². The zero-order valence-corrected chi connectivity index (χ0v) is 23.4. The summed E-state index contributed by atoms with van der Waals surface area (Å²) in [7, 11) is 0. The summed E-state index contributed by atoms with van der Waals surface area (Å²) in [5.74, 6) is 0.267. The topological polar surface area (TPSA) is 98.9 Å². The minimum atomic E-state index is -1.10. The van der Waals surface area contributed by atoms with Gasteiger partial charge in [0.1, 0.15) is 17.9 Å². The minimum Gasteiger partial charge on any atom is -0.488 e. The fourth-order valence-electron chi connectivity index (χ4n) is 5.65. The Balaban J connectivity index is 1.23. The fourth-order valence-corrected chi connectivity index (χ4v) is 5.65. The molecule has 0 saturated carbocycles. The van der Waals surface area contributed by atoms with Crippen LogP contribution in [0.3, 0.4) is 0 Å². The van der Waals surface area contributed by atoms with Gasteiger partial charge >= 0.3 is 5.97 Å². The number of carboxylic acids is 1. The molecule has 212 valence electrons. The molecule has 1 fully saturated rings. The predicted octanol–water partition coefficient (Wildman–Crippen LogP) is 5.07. The highest BCUT2D eigenvalue weighted by atomic mass is 16.5. The largest absolute Gasteiger partial charge is 0.488 e. The van der Waals surface area contributed by atoms with Gasteiger partial charge in [-0.15, -0.1) is 0 Å². The number of para-hydroxylation sites is 1. The SMILES string of the molecule is CCOc1c(C(=O)O)cnn1-c1cccc(-c2cccc(C)c2OCc2ccc3c(c2)CCN([C@@H]2CCOC2)C3)n1. The summed E-state index contributed by atoms with van der Waals surface area (Å²) in [6.45, 7) is 8.32. The first-order valence-corrected chi connectivity index (χ1v) is 14.1. The lowest BCUT2D eigenvalue weighted by Gasteiger charge is -2.33. The lowest BCUT2D eigenvalue weighted by Crippen LogP contribution is -2.39. The van der Waals surface area contributed by atoms with Crippen LogP contribution in [0.25, 0.3) is 17.1 Å². The molecule has 1 N–H and O–H groups in total. The Labute approximate surface area is 239 Å². The summed E-state index contributed by atoms with van der Waals surface area (Å²) in [5.41, 5.74) is 6.45. The standard InChI is InChI=1S/C32H34N4O5/c1-3-40-31-27(32(37)38)17-33-36(31)29-9-5-8-28(34-29)26-7-4-6-21(2)30(26)41-19-22-10-11-24-18-35(14-12-23(24)16-22)25-13-15-39-20-25/h4-11,16-17,25H,3,12-15,18-20H2,1-2H3,(H,37,38)/t25-/m1/s1. The van der Waals surface area contributed by atoms with Crippen LogP contribution < -0.4 is 9.47 Å². The van der Waals surface area contributed by atoms with E-state index in [1.807, 2.05) is 37.3 Å². The second-order valence-corrected chi connectivity index (χ2v) is 10.5. The van der Waals surface area contributed by atoms with Crippen molar-refractivity contribution >= 4 is 5.97 Å². The number of aryl methyl sites for hydroxylation is 1. The number of rotatable bonds is 9. The Morgan fingerprint density at radius 1 is 1.12 bits per heavy atom. The molecule has 0 bridgehead atoms. The average Bonchev–Trinajstić information content (AvgIpc) is 3.67. The van der Waals surface area contributed by atoms with Gasteiger partial charge in [0.2, 0.25) is 5.88 Å². The molecule has 2 aromatic carbocycles. The number of benzene rings is 2.